The molecular weight excluding hydrogens is 404 g/mol. The van der Waals surface area contributed by atoms with E-state index in [1.54, 1.807) is 0 Å². The van der Waals surface area contributed by atoms with Gasteiger partial charge in [0.15, 0.2) is 0 Å². The second-order valence-electron chi connectivity index (χ2n) is 7.13. The average Bonchev–Trinajstić information content (AvgIpc) is 2.79. The number of aliphatic carboxylic acids is 1. The number of carboxylic acid groups (broad SMARTS) is 1. The molecule has 0 saturated heterocycles. The van der Waals surface area contributed by atoms with E-state index < -0.39 is 5.97 Å². The fourth-order valence-corrected chi connectivity index (χ4v) is 3.62. The molecule has 0 unspecified atom stereocenters. The van der Waals surface area contributed by atoms with Crippen molar-refractivity contribution in [3.8, 4) is 0 Å². The Labute approximate surface area is 186 Å². The molecule has 0 aliphatic carbocycles. The van der Waals surface area contributed by atoms with Crippen LogP contribution in [0.1, 0.15) is 30.9 Å². The Kier molecular flexibility index (Phi) is 10.3. The Morgan fingerprint density at radius 2 is 1.79 bits per heavy atom. The summed E-state index contributed by atoms with van der Waals surface area (Å²) in [5, 5.41) is 12.7. The van der Waals surface area contributed by atoms with Gasteiger partial charge in [-0.1, -0.05) is 48.5 Å². The van der Waals surface area contributed by atoms with E-state index in [0.717, 1.165) is 24.8 Å². The van der Waals surface area contributed by atoms with Crippen LogP contribution in [0.15, 0.2) is 54.6 Å². The molecule has 29 heavy (non-hydrogen) atoms. The van der Waals surface area contributed by atoms with Gasteiger partial charge in [-0.25, -0.2) is 0 Å². The molecule has 2 aromatic rings. The van der Waals surface area contributed by atoms with Crippen LogP contribution in [0.2, 0.25) is 0 Å². The van der Waals surface area contributed by atoms with E-state index in [1.807, 2.05) is 42.5 Å². The standard InChI is InChI=1S/C22H26N2O3.2H2S/c1-16(11-12-17-7-3-2-4-8-17)23-19-14-13-18-9-5-6-10-20(18)24(22(19)27)15-21(25)26;;/h2-10,16,19,23H,11-15H2,1H3,(H,25,26);2*1H2/t16-,19+;;/m1../s1. The fourth-order valence-electron chi connectivity index (χ4n) is 3.62. The highest BCUT2D eigenvalue weighted by molar-refractivity contribution is 7.59. The van der Waals surface area contributed by atoms with E-state index in [9.17, 15) is 14.7 Å². The normalized spacial score (nSPS) is 16.7. The molecule has 0 radical (unpaired) electrons. The first-order chi connectivity index (χ1) is 13.0. The number of carbonyl (C=O) groups is 2. The lowest BCUT2D eigenvalue weighted by Gasteiger charge is -2.26. The van der Waals surface area contributed by atoms with Crippen molar-refractivity contribution >= 4 is 44.6 Å². The van der Waals surface area contributed by atoms with Crippen molar-refractivity contribution < 1.29 is 14.7 Å². The number of anilines is 1. The highest BCUT2D eigenvalue weighted by Crippen LogP contribution is 2.27. The number of benzene rings is 2. The number of rotatable bonds is 7. The van der Waals surface area contributed by atoms with Gasteiger partial charge in [-0.3, -0.25) is 14.5 Å². The lowest BCUT2D eigenvalue weighted by Crippen LogP contribution is -2.50. The van der Waals surface area contributed by atoms with Crippen molar-refractivity contribution in [1.29, 1.82) is 0 Å². The number of aryl methyl sites for hydroxylation is 2. The Morgan fingerprint density at radius 1 is 1.14 bits per heavy atom. The number of hydrogen-bond acceptors (Lipinski definition) is 3. The van der Waals surface area contributed by atoms with Crippen LogP contribution in [0.3, 0.4) is 0 Å². The average molecular weight is 435 g/mol. The number of carbonyl (C=O) groups excluding carboxylic acids is 1. The second kappa shape index (κ2) is 11.9. The van der Waals surface area contributed by atoms with Crippen molar-refractivity contribution in [3.05, 3.63) is 65.7 Å². The minimum Gasteiger partial charge on any atom is -0.480 e. The number of para-hydroxylation sites is 1. The summed E-state index contributed by atoms with van der Waals surface area (Å²) in [6.45, 7) is 1.77. The van der Waals surface area contributed by atoms with Gasteiger partial charge in [0.2, 0.25) is 5.91 Å². The fraction of sp³-hybridized carbons (Fsp3) is 0.364. The molecule has 0 fully saturated rings. The lowest BCUT2D eigenvalue weighted by atomic mass is 10.0. The largest absolute Gasteiger partial charge is 0.480 e. The van der Waals surface area contributed by atoms with Crippen molar-refractivity contribution in [1.82, 2.24) is 5.32 Å². The van der Waals surface area contributed by atoms with Crippen LogP contribution in [0.25, 0.3) is 0 Å². The van der Waals surface area contributed by atoms with Gasteiger partial charge >= 0.3 is 5.97 Å². The van der Waals surface area contributed by atoms with E-state index in [2.05, 4.69) is 24.4 Å². The van der Waals surface area contributed by atoms with Crippen molar-refractivity contribution in [2.45, 2.75) is 44.7 Å². The summed E-state index contributed by atoms with van der Waals surface area (Å²) < 4.78 is 0. The van der Waals surface area contributed by atoms with Gasteiger partial charge in [0.1, 0.15) is 6.54 Å². The predicted octanol–water partition coefficient (Wildman–Crippen LogP) is 3.26. The minimum atomic E-state index is -1.00. The highest BCUT2D eigenvalue weighted by Gasteiger charge is 2.31. The molecule has 1 amide bonds. The van der Waals surface area contributed by atoms with Crippen LogP contribution < -0.4 is 10.2 Å². The molecule has 2 N–H and O–H groups in total. The molecule has 1 heterocycles. The molecular formula is C22H30N2O3S2. The van der Waals surface area contributed by atoms with Gasteiger partial charge < -0.3 is 10.4 Å². The Morgan fingerprint density at radius 3 is 2.48 bits per heavy atom. The molecule has 2 atom stereocenters. The third-order valence-corrected chi connectivity index (χ3v) is 5.04. The van der Waals surface area contributed by atoms with Crippen LogP contribution in [0.5, 0.6) is 0 Å². The lowest BCUT2D eigenvalue weighted by molar-refractivity contribution is -0.136. The van der Waals surface area contributed by atoms with Crippen molar-refractivity contribution in [2.75, 3.05) is 11.4 Å². The molecule has 2 aromatic carbocycles. The zero-order valence-corrected chi connectivity index (χ0v) is 18.6. The maximum atomic E-state index is 13.1. The molecule has 7 heteroatoms. The van der Waals surface area contributed by atoms with Crippen LogP contribution in [-0.4, -0.2) is 35.6 Å². The number of fused-ring (bicyclic) bond motifs is 1. The number of nitrogens with one attached hydrogen (secondary N) is 1. The molecule has 0 bridgehead atoms. The van der Waals surface area contributed by atoms with E-state index >= 15 is 0 Å². The summed E-state index contributed by atoms with van der Waals surface area (Å²) in [6, 6.07) is 17.6. The zero-order chi connectivity index (χ0) is 19.2. The van der Waals surface area contributed by atoms with Crippen LogP contribution in [0.4, 0.5) is 5.69 Å². The summed E-state index contributed by atoms with van der Waals surface area (Å²) in [5.74, 6) is -1.16. The van der Waals surface area contributed by atoms with Crippen LogP contribution in [0, 0.1) is 0 Å². The summed E-state index contributed by atoms with van der Waals surface area (Å²) in [7, 11) is 0. The first kappa shape index (κ1) is 25.1. The molecule has 1 aliphatic rings. The number of hydrogen-bond donors (Lipinski definition) is 2. The number of carboxylic acids is 1. The SMILES string of the molecule is C[C@H](CCc1ccccc1)N[C@H]1CCc2ccccc2N(CC(=O)O)C1=O.S.S. The quantitative estimate of drug-likeness (QED) is 0.702. The maximum absolute atomic E-state index is 13.1. The Hall–Kier alpha value is -1.96. The second-order valence-corrected chi connectivity index (χ2v) is 7.13. The number of amides is 1. The first-order valence-corrected chi connectivity index (χ1v) is 9.45. The highest BCUT2D eigenvalue weighted by atomic mass is 32.1. The molecule has 3 rings (SSSR count). The number of nitrogens with zero attached hydrogens (tertiary/aromatic N) is 1. The molecule has 1 aliphatic heterocycles. The van der Waals surface area contributed by atoms with Crippen molar-refractivity contribution in [2.24, 2.45) is 0 Å². The van der Waals surface area contributed by atoms with Crippen LogP contribution >= 0.6 is 27.0 Å². The third-order valence-electron chi connectivity index (χ3n) is 5.04. The first-order valence-electron chi connectivity index (χ1n) is 9.45. The van der Waals surface area contributed by atoms with E-state index in [-0.39, 0.29) is 51.5 Å². The van der Waals surface area contributed by atoms with Gasteiger partial charge in [-0.2, -0.15) is 27.0 Å². The molecule has 158 valence electrons. The van der Waals surface area contributed by atoms with Crippen molar-refractivity contribution in [3.63, 3.8) is 0 Å². The smallest absolute Gasteiger partial charge is 0.323 e. The minimum absolute atomic E-state index is 0. The maximum Gasteiger partial charge on any atom is 0.323 e. The summed E-state index contributed by atoms with van der Waals surface area (Å²) in [6.07, 6.45) is 3.28. The molecule has 0 aromatic heterocycles. The third kappa shape index (κ3) is 6.80. The Bertz CT molecular complexity index is 802. The topological polar surface area (TPSA) is 69.6 Å². The van der Waals surface area contributed by atoms with Gasteiger partial charge in [-0.15, -0.1) is 0 Å². The summed E-state index contributed by atoms with van der Waals surface area (Å²) in [5.41, 5.74) is 3.01. The Balaban J connectivity index is 0.00000210. The molecule has 5 nitrogen and oxygen atoms in total. The van der Waals surface area contributed by atoms with Gasteiger partial charge in [0.25, 0.3) is 0 Å². The zero-order valence-electron chi connectivity index (χ0n) is 16.6. The van der Waals surface area contributed by atoms with Gasteiger partial charge in [0, 0.05) is 11.7 Å². The van der Waals surface area contributed by atoms with E-state index in [4.69, 9.17) is 0 Å². The summed E-state index contributed by atoms with van der Waals surface area (Å²) in [4.78, 5) is 25.8. The van der Waals surface area contributed by atoms with E-state index in [0.29, 0.717) is 12.1 Å². The van der Waals surface area contributed by atoms with E-state index in [1.165, 1.54) is 10.5 Å². The summed E-state index contributed by atoms with van der Waals surface area (Å²) >= 11 is 0. The molecule has 0 saturated carbocycles. The predicted molar refractivity (Wildman–Crippen MR) is 127 cm³/mol. The van der Waals surface area contributed by atoms with Gasteiger partial charge in [0.05, 0.1) is 6.04 Å². The van der Waals surface area contributed by atoms with Crippen LogP contribution in [-0.2, 0) is 22.4 Å². The molecule has 0 spiro atoms. The van der Waals surface area contributed by atoms with Gasteiger partial charge in [-0.05, 0) is 49.8 Å². The monoisotopic (exact) mass is 434 g/mol.